The first-order chi connectivity index (χ1) is 8.75. The second-order valence-corrected chi connectivity index (χ2v) is 5.29. The average Bonchev–Trinajstić information content (AvgIpc) is 2.33. The van der Waals surface area contributed by atoms with Crippen LogP contribution < -0.4 is 16.0 Å². The van der Waals surface area contributed by atoms with Crippen LogP contribution in [-0.2, 0) is 9.59 Å². The molecule has 102 valence electrons. The zero-order valence-corrected chi connectivity index (χ0v) is 10.8. The van der Waals surface area contributed by atoms with Crippen LogP contribution in [0.2, 0.25) is 0 Å². The first kappa shape index (κ1) is 13.3. The second-order valence-electron chi connectivity index (χ2n) is 5.29. The first-order valence-corrected chi connectivity index (χ1v) is 7.06. The van der Waals surface area contributed by atoms with E-state index in [0.29, 0.717) is 12.6 Å². The predicted molar refractivity (Wildman–Crippen MR) is 69.1 cm³/mol. The molecule has 1 aliphatic heterocycles. The summed E-state index contributed by atoms with van der Waals surface area (Å²) in [6.07, 6.45) is 8.49. The molecule has 1 saturated carbocycles. The molecule has 1 unspecified atom stereocenters. The van der Waals surface area contributed by atoms with E-state index in [2.05, 4.69) is 16.0 Å². The lowest BCUT2D eigenvalue weighted by Gasteiger charge is -2.27. The summed E-state index contributed by atoms with van der Waals surface area (Å²) in [6.45, 7) is 0.639. The second kappa shape index (κ2) is 6.73. The number of hydrogen-bond acceptors (Lipinski definition) is 3. The standard InChI is InChI=1S/C13H23N3O2/c17-12-9-14-11(8-15-12)13(18)16-10-6-4-2-1-3-5-7-10/h10-11,14H,1-9H2,(H,15,17)(H,16,18). The molecule has 0 radical (unpaired) electrons. The summed E-state index contributed by atoms with van der Waals surface area (Å²) in [5.41, 5.74) is 0. The lowest BCUT2D eigenvalue weighted by molar-refractivity contribution is -0.127. The highest BCUT2D eigenvalue weighted by Gasteiger charge is 2.25. The fraction of sp³-hybridized carbons (Fsp3) is 0.846. The summed E-state index contributed by atoms with van der Waals surface area (Å²) in [4.78, 5) is 23.0. The Bertz CT molecular complexity index is 289. The molecule has 0 aromatic heterocycles. The molecule has 2 amide bonds. The van der Waals surface area contributed by atoms with E-state index in [9.17, 15) is 9.59 Å². The Morgan fingerprint density at radius 3 is 2.39 bits per heavy atom. The summed E-state index contributed by atoms with van der Waals surface area (Å²) in [5, 5.41) is 8.79. The van der Waals surface area contributed by atoms with Crippen molar-refractivity contribution >= 4 is 11.8 Å². The van der Waals surface area contributed by atoms with Crippen molar-refractivity contribution in [3.05, 3.63) is 0 Å². The van der Waals surface area contributed by atoms with Gasteiger partial charge in [0.25, 0.3) is 0 Å². The van der Waals surface area contributed by atoms with Crippen LogP contribution >= 0.6 is 0 Å². The van der Waals surface area contributed by atoms with Crippen molar-refractivity contribution in [2.24, 2.45) is 0 Å². The maximum atomic E-state index is 12.0. The summed E-state index contributed by atoms with van der Waals surface area (Å²) >= 11 is 0. The maximum Gasteiger partial charge on any atom is 0.239 e. The Balaban J connectivity index is 1.76. The molecule has 0 bridgehead atoms. The van der Waals surface area contributed by atoms with Gasteiger partial charge >= 0.3 is 0 Å². The van der Waals surface area contributed by atoms with Crippen LogP contribution in [0.15, 0.2) is 0 Å². The van der Waals surface area contributed by atoms with Gasteiger partial charge in [-0.15, -0.1) is 0 Å². The molecule has 18 heavy (non-hydrogen) atoms. The molecule has 1 atom stereocenters. The summed E-state index contributed by atoms with van der Waals surface area (Å²) in [6, 6.07) is 0.0466. The van der Waals surface area contributed by atoms with Crippen LogP contribution in [0.25, 0.3) is 0 Å². The molecule has 3 N–H and O–H groups in total. The van der Waals surface area contributed by atoms with E-state index in [1.165, 1.54) is 32.1 Å². The molecule has 1 saturated heterocycles. The van der Waals surface area contributed by atoms with E-state index in [0.717, 1.165) is 12.8 Å². The molecule has 2 fully saturated rings. The summed E-state index contributed by atoms with van der Waals surface area (Å²) < 4.78 is 0. The predicted octanol–water partition coefficient (Wildman–Crippen LogP) is 0.303. The van der Waals surface area contributed by atoms with Gasteiger partial charge in [0.1, 0.15) is 6.04 Å². The minimum absolute atomic E-state index is 0.0283. The van der Waals surface area contributed by atoms with E-state index in [4.69, 9.17) is 0 Å². The van der Waals surface area contributed by atoms with Crippen LogP contribution in [-0.4, -0.2) is 37.0 Å². The molecule has 1 heterocycles. The Morgan fingerprint density at radius 2 is 1.78 bits per heavy atom. The molecule has 5 heteroatoms. The Labute approximate surface area is 108 Å². The lowest BCUT2D eigenvalue weighted by atomic mass is 9.96. The highest BCUT2D eigenvalue weighted by Crippen LogP contribution is 2.17. The third-order valence-electron chi connectivity index (χ3n) is 3.78. The quantitative estimate of drug-likeness (QED) is 0.663. The summed E-state index contributed by atoms with van der Waals surface area (Å²) in [7, 11) is 0. The third kappa shape index (κ3) is 3.98. The highest BCUT2D eigenvalue weighted by molar-refractivity contribution is 5.86. The van der Waals surface area contributed by atoms with E-state index < -0.39 is 0 Å². The maximum absolute atomic E-state index is 12.0. The van der Waals surface area contributed by atoms with Gasteiger partial charge in [0.05, 0.1) is 6.54 Å². The van der Waals surface area contributed by atoms with Gasteiger partial charge in [-0.05, 0) is 12.8 Å². The van der Waals surface area contributed by atoms with E-state index in [-0.39, 0.29) is 24.4 Å². The number of hydrogen-bond donors (Lipinski definition) is 3. The average molecular weight is 253 g/mol. The van der Waals surface area contributed by atoms with Crippen molar-refractivity contribution in [3.63, 3.8) is 0 Å². The smallest absolute Gasteiger partial charge is 0.239 e. The lowest BCUT2D eigenvalue weighted by Crippen LogP contribution is -2.59. The Hall–Kier alpha value is -1.10. The van der Waals surface area contributed by atoms with Crippen LogP contribution in [0.3, 0.4) is 0 Å². The number of carbonyl (C=O) groups is 2. The van der Waals surface area contributed by atoms with Gasteiger partial charge in [0, 0.05) is 12.6 Å². The van der Waals surface area contributed by atoms with Crippen molar-refractivity contribution in [1.29, 1.82) is 0 Å². The minimum atomic E-state index is -0.270. The van der Waals surface area contributed by atoms with Gasteiger partial charge in [-0.25, -0.2) is 0 Å². The molecule has 1 aliphatic carbocycles. The molecule has 0 aromatic carbocycles. The fourth-order valence-corrected chi connectivity index (χ4v) is 2.65. The van der Waals surface area contributed by atoms with Crippen molar-refractivity contribution in [2.75, 3.05) is 13.1 Å². The normalized spacial score (nSPS) is 26.9. The monoisotopic (exact) mass is 253 g/mol. The molecule has 0 aromatic rings. The molecular formula is C13H23N3O2. The first-order valence-electron chi connectivity index (χ1n) is 7.06. The van der Waals surface area contributed by atoms with E-state index >= 15 is 0 Å². The zero-order chi connectivity index (χ0) is 12.8. The van der Waals surface area contributed by atoms with Gasteiger partial charge < -0.3 is 10.6 Å². The Morgan fingerprint density at radius 1 is 1.11 bits per heavy atom. The number of rotatable bonds is 2. The molecule has 2 aliphatic rings. The van der Waals surface area contributed by atoms with Gasteiger partial charge in [0.2, 0.25) is 11.8 Å². The number of amides is 2. The van der Waals surface area contributed by atoms with Gasteiger partial charge in [-0.3, -0.25) is 14.9 Å². The topological polar surface area (TPSA) is 70.2 Å². The van der Waals surface area contributed by atoms with Crippen molar-refractivity contribution in [1.82, 2.24) is 16.0 Å². The summed E-state index contributed by atoms with van der Waals surface area (Å²) in [5.74, 6) is -0.00872. The van der Waals surface area contributed by atoms with Crippen LogP contribution in [0.1, 0.15) is 44.9 Å². The van der Waals surface area contributed by atoms with Gasteiger partial charge in [-0.2, -0.15) is 0 Å². The fourth-order valence-electron chi connectivity index (χ4n) is 2.65. The van der Waals surface area contributed by atoms with Crippen LogP contribution in [0, 0.1) is 0 Å². The highest BCUT2D eigenvalue weighted by atomic mass is 16.2. The van der Waals surface area contributed by atoms with E-state index in [1.54, 1.807) is 0 Å². The van der Waals surface area contributed by atoms with Crippen LogP contribution in [0.5, 0.6) is 0 Å². The number of carbonyl (C=O) groups excluding carboxylic acids is 2. The number of nitrogens with one attached hydrogen (secondary N) is 3. The largest absolute Gasteiger partial charge is 0.353 e. The number of piperazine rings is 1. The van der Waals surface area contributed by atoms with Gasteiger partial charge in [0.15, 0.2) is 0 Å². The van der Waals surface area contributed by atoms with Crippen LogP contribution in [0.4, 0.5) is 0 Å². The van der Waals surface area contributed by atoms with Crippen molar-refractivity contribution < 1.29 is 9.59 Å². The molecule has 2 rings (SSSR count). The molecule has 5 nitrogen and oxygen atoms in total. The molecular weight excluding hydrogens is 230 g/mol. The van der Waals surface area contributed by atoms with E-state index in [1.807, 2.05) is 0 Å². The minimum Gasteiger partial charge on any atom is -0.353 e. The van der Waals surface area contributed by atoms with Crippen molar-refractivity contribution in [3.8, 4) is 0 Å². The third-order valence-corrected chi connectivity index (χ3v) is 3.78. The SMILES string of the molecule is O=C1CNC(C(=O)NC2CCCCCCC2)CN1. The zero-order valence-electron chi connectivity index (χ0n) is 10.8. The Kier molecular flexibility index (Phi) is 4.99. The molecule has 0 spiro atoms. The van der Waals surface area contributed by atoms with Crippen molar-refractivity contribution in [2.45, 2.75) is 57.0 Å². The van der Waals surface area contributed by atoms with Gasteiger partial charge in [-0.1, -0.05) is 32.1 Å².